The van der Waals surface area contributed by atoms with Gasteiger partial charge in [-0.3, -0.25) is 4.79 Å². The Balaban J connectivity index is 1.65. The van der Waals surface area contributed by atoms with Crippen LogP contribution in [0.5, 0.6) is 0 Å². The SMILES string of the molecule is N[C@@]1(C(=O)NCc2ccc(Nc3ccc(F)cc3C(F)(F)F)cc2)CCOC1. The third kappa shape index (κ3) is 4.60. The van der Waals surface area contributed by atoms with E-state index in [0.29, 0.717) is 24.8 Å². The summed E-state index contributed by atoms with van der Waals surface area (Å²) in [5.41, 5.74) is 4.75. The number of amides is 1. The minimum absolute atomic E-state index is 0.168. The molecule has 0 bridgehead atoms. The van der Waals surface area contributed by atoms with Gasteiger partial charge < -0.3 is 21.1 Å². The molecular weight excluding hydrogens is 378 g/mol. The van der Waals surface area contributed by atoms with Crippen molar-refractivity contribution in [3.05, 3.63) is 59.4 Å². The van der Waals surface area contributed by atoms with Gasteiger partial charge in [0.25, 0.3) is 0 Å². The van der Waals surface area contributed by atoms with Gasteiger partial charge in [0.2, 0.25) is 5.91 Å². The fraction of sp³-hybridized carbons (Fsp3) is 0.316. The molecule has 1 saturated heterocycles. The molecule has 0 aromatic heterocycles. The molecule has 150 valence electrons. The number of benzene rings is 2. The summed E-state index contributed by atoms with van der Waals surface area (Å²) in [6, 6.07) is 8.90. The average molecular weight is 397 g/mol. The van der Waals surface area contributed by atoms with Crippen molar-refractivity contribution in [2.45, 2.75) is 24.7 Å². The lowest BCUT2D eigenvalue weighted by Crippen LogP contribution is -2.54. The second-order valence-electron chi connectivity index (χ2n) is 6.65. The second kappa shape index (κ2) is 7.76. The molecule has 0 spiro atoms. The van der Waals surface area contributed by atoms with Crippen LogP contribution in [0.25, 0.3) is 0 Å². The van der Waals surface area contributed by atoms with Crippen LogP contribution in [-0.2, 0) is 22.3 Å². The van der Waals surface area contributed by atoms with E-state index >= 15 is 0 Å². The Hall–Kier alpha value is -2.65. The van der Waals surface area contributed by atoms with E-state index in [-0.39, 0.29) is 24.7 Å². The predicted molar refractivity (Wildman–Crippen MR) is 95.3 cm³/mol. The molecule has 1 aliphatic heterocycles. The number of nitrogens with two attached hydrogens (primary N) is 1. The second-order valence-corrected chi connectivity index (χ2v) is 6.65. The highest BCUT2D eigenvalue weighted by Crippen LogP contribution is 2.36. The maximum Gasteiger partial charge on any atom is 0.418 e. The van der Waals surface area contributed by atoms with Crippen molar-refractivity contribution < 1.29 is 27.1 Å². The zero-order chi connectivity index (χ0) is 20.4. The fourth-order valence-electron chi connectivity index (χ4n) is 2.84. The molecule has 3 rings (SSSR count). The summed E-state index contributed by atoms with van der Waals surface area (Å²) in [6.07, 6.45) is -4.24. The Labute approximate surface area is 158 Å². The normalized spacial score (nSPS) is 19.5. The first-order chi connectivity index (χ1) is 13.2. The Morgan fingerprint density at radius 1 is 1.18 bits per heavy atom. The van der Waals surface area contributed by atoms with Crippen molar-refractivity contribution in [2.24, 2.45) is 5.73 Å². The van der Waals surface area contributed by atoms with Crippen molar-refractivity contribution >= 4 is 17.3 Å². The molecule has 1 aliphatic rings. The number of hydrogen-bond acceptors (Lipinski definition) is 4. The number of hydrogen-bond donors (Lipinski definition) is 3. The van der Waals surface area contributed by atoms with Gasteiger partial charge in [0, 0.05) is 18.8 Å². The van der Waals surface area contributed by atoms with Gasteiger partial charge in [-0.1, -0.05) is 12.1 Å². The quantitative estimate of drug-likeness (QED) is 0.677. The zero-order valence-electron chi connectivity index (χ0n) is 14.8. The summed E-state index contributed by atoms with van der Waals surface area (Å²) in [4.78, 5) is 12.1. The highest BCUT2D eigenvalue weighted by atomic mass is 19.4. The van der Waals surface area contributed by atoms with Crippen LogP contribution in [0, 0.1) is 5.82 Å². The van der Waals surface area contributed by atoms with Crippen LogP contribution >= 0.6 is 0 Å². The van der Waals surface area contributed by atoms with Gasteiger partial charge in [-0.25, -0.2) is 4.39 Å². The van der Waals surface area contributed by atoms with Crippen LogP contribution in [0.4, 0.5) is 28.9 Å². The van der Waals surface area contributed by atoms with E-state index in [1.165, 1.54) is 0 Å². The molecule has 2 aromatic carbocycles. The molecule has 4 N–H and O–H groups in total. The number of nitrogens with one attached hydrogen (secondary N) is 2. The van der Waals surface area contributed by atoms with Crippen LogP contribution in [0.15, 0.2) is 42.5 Å². The van der Waals surface area contributed by atoms with Gasteiger partial charge in [-0.05, 0) is 42.3 Å². The highest BCUT2D eigenvalue weighted by molar-refractivity contribution is 5.86. The largest absolute Gasteiger partial charge is 0.418 e. The van der Waals surface area contributed by atoms with Crippen LogP contribution in [0.3, 0.4) is 0 Å². The monoisotopic (exact) mass is 397 g/mol. The molecule has 0 aliphatic carbocycles. The van der Waals surface area contributed by atoms with Gasteiger partial charge in [-0.2, -0.15) is 13.2 Å². The lowest BCUT2D eigenvalue weighted by Gasteiger charge is -2.20. The number of carbonyl (C=O) groups excluding carboxylic acids is 1. The molecule has 1 heterocycles. The molecule has 5 nitrogen and oxygen atoms in total. The van der Waals surface area contributed by atoms with Crippen LogP contribution < -0.4 is 16.4 Å². The summed E-state index contributed by atoms with van der Waals surface area (Å²) in [7, 11) is 0. The first-order valence-electron chi connectivity index (χ1n) is 8.55. The lowest BCUT2D eigenvalue weighted by molar-refractivity contribution is -0.137. The average Bonchev–Trinajstić information content (AvgIpc) is 3.09. The molecule has 0 saturated carbocycles. The van der Waals surface area contributed by atoms with Gasteiger partial charge in [-0.15, -0.1) is 0 Å². The number of carbonyl (C=O) groups is 1. The molecule has 0 unspecified atom stereocenters. The lowest BCUT2D eigenvalue weighted by atomic mass is 9.99. The fourth-order valence-corrected chi connectivity index (χ4v) is 2.84. The van der Waals surface area contributed by atoms with Gasteiger partial charge in [0.1, 0.15) is 11.4 Å². The molecular formula is C19H19F4N3O2. The van der Waals surface area contributed by atoms with E-state index in [1.807, 2.05) is 0 Å². The standard InChI is InChI=1S/C19H19F4N3O2/c20-13-3-6-16(15(9-13)19(21,22)23)26-14-4-1-12(2-5-14)10-25-17(27)18(24)7-8-28-11-18/h1-6,9,26H,7-8,10-11,24H2,(H,25,27)/t18-/m0/s1. The van der Waals surface area contributed by atoms with E-state index in [1.54, 1.807) is 24.3 Å². The van der Waals surface area contributed by atoms with Crippen molar-refractivity contribution in [3.63, 3.8) is 0 Å². The predicted octanol–water partition coefficient (Wildman–Crippen LogP) is 3.32. The molecule has 0 radical (unpaired) electrons. The number of ether oxygens (including phenoxy) is 1. The maximum absolute atomic E-state index is 13.2. The molecule has 28 heavy (non-hydrogen) atoms. The Bertz CT molecular complexity index is 847. The topological polar surface area (TPSA) is 76.4 Å². The Morgan fingerprint density at radius 3 is 2.50 bits per heavy atom. The summed E-state index contributed by atoms with van der Waals surface area (Å²) in [5, 5.41) is 5.37. The molecule has 1 fully saturated rings. The van der Waals surface area contributed by atoms with Crippen molar-refractivity contribution in [3.8, 4) is 0 Å². The minimum Gasteiger partial charge on any atom is -0.379 e. The number of anilines is 2. The van der Waals surface area contributed by atoms with E-state index < -0.39 is 23.1 Å². The first-order valence-corrected chi connectivity index (χ1v) is 8.55. The summed E-state index contributed by atoms with van der Waals surface area (Å²) >= 11 is 0. The summed E-state index contributed by atoms with van der Waals surface area (Å²) in [6.45, 7) is 0.830. The maximum atomic E-state index is 13.2. The minimum atomic E-state index is -4.68. The van der Waals surface area contributed by atoms with Crippen molar-refractivity contribution in [1.29, 1.82) is 0 Å². The highest BCUT2D eigenvalue weighted by Gasteiger charge is 2.38. The number of rotatable bonds is 5. The summed E-state index contributed by atoms with van der Waals surface area (Å²) in [5.74, 6) is -1.28. The van der Waals surface area contributed by atoms with Gasteiger partial charge >= 0.3 is 6.18 Å². The Kier molecular flexibility index (Phi) is 5.57. The molecule has 1 amide bonds. The third-order valence-corrected chi connectivity index (χ3v) is 4.48. The van der Waals surface area contributed by atoms with Gasteiger partial charge in [0.15, 0.2) is 0 Å². The summed E-state index contributed by atoms with van der Waals surface area (Å²) < 4.78 is 57.5. The molecule has 1 atom stereocenters. The zero-order valence-corrected chi connectivity index (χ0v) is 14.8. The van der Waals surface area contributed by atoms with Crippen LogP contribution in [-0.4, -0.2) is 24.7 Å². The Morgan fingerprint density at radius 2 is 1.89 bits per heavy atom. The van der Waals surface area contributed by atoms with Crippen LogP contribution in [0.2, 0.25) is 0 Å². The van der Waals surface area contributed by atoms with E-state index in [0.717, 1.165) is 17.7 Å². The van der Waals surface area contributed by atoms with E-state index in [4.69, 9.17) is 10.5 Å². The molecule has 2 aromatic rings. The number of alkyl halides is 3. The van der Waals surface area contributed by atoms with Crippen molar-refractivity contribution in [1.82, 2.24) is 5.32 Å². The number of halogens is 4. The van der Waals surface area contributed by atoms with Gasteiger partial charge in [0.05, 0.1) is 17.9 Å². The van der Waals surface area contributed by atoms with Crippen molar-refractivity contribution in [2.75, 3.05) is 18.5 Å². The third-order valence-electron chi connectivity index (χ3n) is 4.48. The van der Waals surface area contributed by atoms with Crippen LogP contribution in [0.1, 0.15) is 17.5 Å². The van der Waals surface area contributed by atoms with E-state index in [2.05, 4.69) is 10.6 Å². The molecule has 9 heteroatoms. The first kappa shape index (κ1) is 20.1. The van der Waals surface area contributed by atoms with E-state index in [9.17, 15) is 22.4 Å². The smallest absolute Gasteiger partial charge is 0.379 e.